The SMILES string of the molecule is COc1cc2ncnc(N3CC([SiH3])C(Oc4cnc5ccccc5n4)C3)c2cc1OC. The topological polar surface area (TPSA) is 82.5 Å². The summed E-state index contributed by atoms with van der Waals surface area (Å²) in [5.41, 5.74) is 2.94. The fraction of sp³-hybridized carbons (Fsp3) is 0.273. The van der Waals surface area contributed by atoms with Crippen LogP contribution in [0.25, 0.3) is 21.9 Å². The summed E-state index contributed by atoms with van der Waals surface area (Å²) in [5, 5.41) is 0.931. The molecule has 9 heteroatoms. The molecule has 4 aromatic rings. The molecule has 0 amide bonds. The van der Waals surface area contributed by atoms with Crippen LogP contribution in [0.5, 0.6) is 17.4 Å². The predicted molar refractivity (Wildman–Crippen MR) is 122 cm³/mol. The van der Waals surface area contributed by atoms with E-state index in [2.05, 4.69) is 24.8 Å². The average molecular weight is 434 g/mol. The lowest BCUT2D eigenvalue weighted by molar-refractivity contribution is 0.216. The second kappa shape index (κ2) is 7.99. The quantitative estimate of drug-likeness (QED) is 0.442. The minimum atomic E-state index is 0.0345. The molecule has 1 fully saturated rings. The average Bonchev–Trinajstić information content (AvgIpc) is 3.17. The Hall–Kier alpha value is -3.46. The molecule has 1 aliphatic heterocycles. The van der Waals surface area contributed by atoms with Crippen molar-refractivity contribution in [3.8, 4) is 17.4 Å². The van der Waals surface area contributed by atoms with Gasteiger partial charge in [-0.2, -0.15) is 0 Å². The number of anilines is 1. The van der Waals surface area contributed by atoms with Crippen molar-refractivity contribution in [2.45, 2.75) is 11.6 Å². The van der Waals surface area contributed by atoms with Gasteiger partial charge >= 0.3 is 0 Å². The lowest BCUT2D eigenvalue weighted by atomic mass is 10.2. The highest BCUT2D eigenvalue weighted by molar-refractivity contribution is 6.13. The number of rotatable bonds is 5. The third-order valence-electron chi connectivity index (χ3n) is 5.66. The van der Waals surface area contributed by atoms with Crippen LogP contribution < -0.4 is 19.1 Å². The standard InChI is InChI=1S/C22H23N5O3Si/c1-28-17-7-13-16(8-18(17)29-2)24-12-25-22(13)27-10-19(20(31)11-27)30-21-9-23-14-5-3-4-6-15(14)26-21/h3-9,12,19-20H,10-11H2,1-2,31H3. The number of hydrogen-bond donors (Lipinski definition) is 0. The number of para-hydroxylation sites is 2. The van der Waals surface area contributed by atoms with Crippen molar-refractivity contribution in [3.05, 3.63) is 48.9 Å². The van der Waals surface area contributed by atoms with E-state index in [9.17, 15) is 0 Å². The van der Waals surface area contributed by atoms with E-state index < -0.39 is 0 Å². The van der Waals surface area contributed by atoms with E-state index in [-0.39, 0.29) is 6.10 Å². The Morgan fingerprint density at radius 3 is 2.52 bits per heavy atom. The first kappa shape index (κ1) is 19.5. The van der Waals surface area contributed by atoms with Crippen molar-refractivity contribution in [2.24, 2.45) is 0 Å². The van der Waals surface area contributed by atoms with Gasteiger partial charge in [0.2, 0.25) is 5.88 Å². The van der Waals surface area contributed by atoms with Crippen LogP contribution in [-0.2, 0) is 0 Å². The summed E-state index contributed by atoms with van der Waals surface area (Å²) in [6.45, 7) is 1.60. The second-order valence-electron chi connectivity index (χ2n) is 7.66. The van der Waals surface area contributed by atoms with E-state index in [1.165, 1.54) is 0 Å². The van der Waals surface area contributed by atoms with Crippen LogP contribution in [0, 0.1) is 0 Å². The Morgan fingerprint density at radius 1 is 0.935 bits per heavy atom. The van der Waals surface area contributed by atoms with Crippen molar-refractivity contribution in [1.29, 1.82) is 0 Å². The summed E-state index contributed by atoms with van der Waals surface area (Å²) < 4.78 is 17.2. The van der Waals surface area contributed by atoms with Gasteiger partial charge < -0.3 is 19.1 Å². The third-order valence-corrected chi connectivity index (χ3v) is 6.77. The van der Waals surface area contributed by atoms with Crippen LogP contribution in [0.2, 0.25) is 5.54 Å². The molecule has 0 saturated carbocycles. The van der Waals surface area contributed by atoms with Crippen molar-refractivity contribution < 1.29 is 14.2 Å². The van der Waals surface area contributed by atoms with Gasteiger partial charge in [-0.3, -0.25) is 0 Å². The molecule has 0 spiro atoms. The van der Waals surface area contributed by atoms with E-state index in [4.69, 9.17) is 14.2 Å². The molecule has 0 bridgehead atoms. The Labute approximate surface area is 182 Å². The molecule has 1 aliphatic rings. The van der Waals surface area contributed by atoms with Gasteiger partial charge in [0, 0.05) is 33.8 Å². The number of methoxy groups -OCH3 is 2. The van der Waals surface area contributed by atoms with E-state index in [0.717, 1.165) is 51.1 Å². The largest absolute Gasteiger partial charge is 0.493 e. The normalized spacial score (nSPS) is 18.6. The second-order valence-corrected chi connectivity index (χ2v) is 9.14. The zero-order chi connectivity index (χ0) is 21.4. The zero-order valence-electron chi connectivity index (χ0n) is 17.6. The van der Waals surface area contributed by atoms with Gasteiger partial charge in [-0.25, -0.2) is 19.9 Å². The highest BCUT2D eigenvalue weighted by Gasteiger charge is 2.33. The van der Waals surface area contributed by atoms with Crippen LogP contribution in [0.4, 0.5) is 5.82 Å². The Balaban J connectivity index is 1.42. The predicted octanol–water partition coefficient (Wildman–Crippen LogP) is 2.01. The summed E-state index contributed by atoms with van der Waals surface area (Å²) >= 11 is 0. The number of hydrogen-bond acceptors (Lipinski definition) is 8. The molecule has 0 radical (unpaired) electrons. The van der Waals surface area contributed by atoms with Gasteiger partial charge in [-0.1, -0.05) is 12.1 Å². The first-order valence-corrected chi connectivity index (χ1v) is 11.3. The third kappa shape index (κ3) is 3.61. The van der Waals surface area contributed by atoms with Gasteiger partial charge in [0.05, 0.1) is 43.5 Å². The summed E-state index contributed by atoms with van der Waals surface area (Å²) in [4.78, 5) is 20.3. The van der Waals surface area contributed by atoms with Crippen LogP contribution in [0.15, 0.2) is 48.9 Å². The maximum Gasteiger partial charge on any atom is 0.233 e. The molecule has 0 aliphatic carbocycles. The molecular formula is C22H23N5O3Si. The minimum Gasteiger partial charge on any atom is -0.493 e. The summed E-state index contributed by atoms with van der Waals surface area (Å²) in [7, 11) is 4.25. The van der Waals surface area contributed by atoms with E-state index in [0.29, 0.717) is 22.9 Å². The number of ether oxygens (including phenoxy) is 3. The summed E-state index contributed by atoms with van der Waals surface area (Å²) in [6, 6.07) is 11.6. The smallest absolute Gasteiger partial charge is 0.233 e. The van der Waals surface area contributed by atoms with E-state index >= 15 is 0 Å². The maximum absolute atomic E-state index is 6.27. The maximum atomic E-state index is 6.27. The lowest BCUT2D eigenvalue weighted by Gasteiger charge is -2.20. The van der Waals surface area contributed by atoms with Crippen molar-refractivity contribution in [2.75, 3.05) is 32.2 Å². The molecule has 2 aromatic carbocycles. The number of benzene rings is 2. The molecule has 3 heterocycles. The van der Waals surface area contributed by atoms with Crippen molar-refractivity contribution in [1.82, 2.24) is 19.9 Å². The Bertz CT molecular complexity index is 1250. The highest BCUT2D eigenvalue weighted by Crippen LogP contribution is 2.37. The van der Waals surface area contributed by atoms with Gasteiger partial charge in [0.1, 0.15) is 18.2 Å². The Kier molecular flexibility index (Phi) is 5.03. The Morgan fingerprint density at radius 2 is 1.71 bits per heavy atom. The number of nitrogens with zero attached hydrogens (tertiary/aromatic N) is 5. The molecular weight excluding hydrogens is 410 g/mol. The first-order valence-electron chi connectivity index (χ1n) is 10.2. The summed E-state index contributed by atoms with van der Waals surface area (Å²) in [5.74, 6) is 2.75. The first-order chi connectivity index (χ1) is 15.2. The molecule has 1 saturated heterocycles. The van der Waals surface area contributed by atoms with E-state index in [1.807, 2.05) is 36.4 Å². The van der Waals surface area contributed by atoms with Crippen LogP contribution in [-0.4, -0.2) is 63.6 Å². The fourth-order valence-electron chi connectivity index (χ4n) is 4.04. The van der Waals surface area contributed by atoms with Gasteiger partial charge in [0.25, 0.3) is 0 Å². The van der Waals surface area contributed by atoms with Gasteiger partial charge in [0.15, 0.2) is 11.5 Å². The molecule has 2 unspecified atom stereocenters. The number of fused-ring (bicyclic) bond motifs is 2. The molecule has 2 aromatic heterocycles. The number of aromatic nitrogens is 4. The highest BCUT2D eigenvalue weighted by atomic mass is 28.1. The molecule has 5 rings (SSSR count). The van der Waals surface area contributed by atoms with Crippen molar-refractivity contribution >= 4 is 38.0 Å². The monoisotopic (exact) mass is 433 g/mol. The van der Waals surface area contributed by atoms with Crippen molar-refractivity contribution in [3.63, 3.8) is 0 Å². The zero-order valence-corrected chi connectivity index (χ0v) is 19.6. The molecule has 31 heavy (non-hydrogen) atoms. The molecule has 8 nitrogen and oxygen atoms in total. The van der Waals surface area contributed by atoms with Crippen LogP contribution >= 0.6 is 0 Å². The van der Waals surface area contributed by atoms with Crippen LogP contribution in [0.1, 0.15) is 0 Å². The molecule has 2 atom stereocenters. The summed E-state index contributed by atoms with van der Waals surface area (Å²) in [6.07, 6.45) is 3.33. The van der Waals surface area contributed by atoms with Crippen LogP contribution in [0.3, 0.4) is 0 Å². The van der Waals surface area contributed by atoms with Gasteiger partial charge in [-0.15, -0.1) is 0 Å². The molecule has 0 N–H and O–H groups in total. The van der Waals surface area contributed by atoms with Gasteiger partial charge in [-0.05, 0) is 18.2 Å². The lowest BCUT2D eigenvalue weighted by Crippen LogP contribution is -2.26. The molecule has 158 valence electrons. The fourth-order valence-corrected chi connectivity index (χ4v) is 4.82. The minimum absolute atomic E-state index is 0.0345. The van der Waals surface area contributed by atoms with E-state index in [1.54, 1.807) is 26.7 Å².